The summed E-state index contributed by atoms with van der Waals surface area (Å²) in [5, 5.41) is 5.56. The number of benzene rings is 2. The first-order chi connectivity index (χ1) is 16.1. The number of piperidine rings is 1. The highest BCUT2D eigenvalue weighted by Gasteiger charge is 2.29. The van der Waals surface area contributed by atoms with Crippen molar-refractivity contribution in [3.05, 3.63) is 54.1 Å². The normalized spacial score (nSPS) is 17.7. The van der Waals surface area contributed by atoms with Crippen LogP contribution in [-0.4, -0.2) is 50.8 Å². The molecule has 184 valence electrons. The van der Waals surface area contributed by atoms with Crippen LogP contribution < -0.4 is 15.4 Å². The van der Waals surface area contributed by atoms with Crippen molar-refractivity contribution >= 4 is 27.5 Å². The van der Waals surface area contributed by atoms with Gasteiger partial charge in [-0.05, 0) is 73.2 Å². The van der Waals surface area contributed by atoms with Gasteiger partial charge >= 0.3 is 0 Å². The van der Waals surface area contributed by atoms with Crippen LogP contribution >= 0.6 is 0 Å². The fourth-order valence-electron chi connectivity index (χ4n) is 3.95. The topological polar surface area (TPSA) is 105 Å². The molecule has 1 aliphatic heterocycles. The predicted octanol–water partition coefficient (Wildman–Crippen LogP) is 3.51. The van der Waals surface area contributed by atoms with Crippen LogP contribution in [0.5, 0.6) is 5.75 Å². The lowest BCUT2D eigenvalue weighted by atomic mass is 10.0. The minimum absolute atomic E-state index is 0.164. The second-order valence-electron chi connectivity index (χ2n) is 9.05. The van der Waals surface area contributed by atoms with Gasteiger partial charge in [0.2, 0.25) is 15.9 Å². The van der Waals surface area contributed by atoms with Gasteiger partial charge < -0.3 is 15.4 Å². The van der Waals surface area contributed by atoms with Crippen molar-refractivity contribution in [2.24, 2.45) is 11.8 Å². The van der Waals surface area contributed by atoms with E-state index in [1.807, 2.05) is 13.8 Å². The van der Waals surface area contributed by atoms with Crippen molar-refractivity contribution < 1.29 is 22.7 Å². The molecule has 3 rings (SSSR count). The predicted molar refractivity (Wildman–Crippen MR) is 131 cm³/mol. The molecule has 2 atom stereocenters. The summed E-state index contributed by atoms with van der Waals surface area (Å²) < 4.78 is 32.5. The van der Waals surface area contributed by atoms with E-state index in [0.717, 1.165) is 12.8 Å². The Kier molecular flexibility index (Phi) is 8.33. The molecule has 0 saturated carbocycles. The zero-order valence-corrected chi connectivity index (χ0v) is 20.9. The molecule has 1 fully saturated rings. The van der Waals surface area contributed by atoms with Crippen LogP contribution in [0.2, 0.25) is 0 Å². The maximum absolute atomic E-state index is 12.9. The number of methoxy groups -OCH3 is 1. The summed E-state index contributed by atoms with van der Waals surface area (Å²) in [5.41, 5.74) is 0.876. The van der Waals surface area contributed by atoms with Gasteiger partial charge in [0.1, 0.15) is 11.8 Å². The summed E-state index contributed by atoms with van der Waals surface area (Å²) in [4.78, 5) is 25.8. The van der Waals surface area contributed by atoms with Gasteiger partial charge in [-0.25, -0.2) is 8.42 Å². The molecule has 0 radical (unpaired) electrons. The van der Waals surface area contributed by atoms with Gasteiger partial charge in [-0.1, -0.05) is 20.8 Å². The highest BCUT2D eigenvalue weighted by Crippen LogP contribution is 2.24. The zero-order chi connectivity index (χ0) is 24.9. The highest BCUT2D eigenvalue weighted by atomic mass is 32.2. The fourth-order valence-corrected chi connectivity index (χ4v) is 5.54. The van der Waals surface area contributed by atoms with E-state index in [-0.39, 0.29) is 22.6 Å². The maximum atomic E-state index is 12.9. The Hall–Kier alpha value is -2.91. The van der Waals surface area contributed by atoms with E-state index in [1.165, 1.54) is 16.4 Å². The maximum Gasteiger partial charge on any atom is 0.251 e. The second kappa shape index (κ2) is 11.0. The summed E-state index contributed by atoms with van der Waals surface area (Å²) in [7, 11) is -2.02. The lowest BCUT2D eigenvalue weighted by Crippen LogP contribution is -2.47. The molecule has 8 nitrogen and oxygen atoms in total. The van der Waals surface area contributed by atoms with Crippen LogP contribution in [0.25, 0.3) is 0 Å². The lowest BCUT2D eigenvalue weighted by molar-refractivity contribution is -0.118. The van der Waals surface area contributed by atoms with Crippen molar-refractivity contribution in [1.29, 1.82) is 0 Å². The van der Waals surface area contributed by atoms with E-state index in [2.05, 4.69) is 17.6 Å². The molecule has 2 amide bonds. The van der Waals surface area contributed by atoms with Gasteiger partial charge in [0, 0.05) is 24.3 Å². The summed E-state index contributed by atoms with van der Waals surface area (Å²) in [6.07, 6.45) is 1.89. The summed E-state index contributed by atoms with van der Waals surface area (Å²) >= 11 is 0. The third-order valence-electron chi connectivity index (χ3n) is 5.97. The smallest absolute Gasteiger partial charge is 0.251 e. The van der Waals surface area contributed by atoms with Crippen LogP contribution in [0.4, 0.5) is 5.69 Å². The molecule has 0 spiro atoms. The molecule has 1 aliphatic rings. The number of sulfonamides is 1. The zero-order valence-electron chi connectivity index (χ0n) is 20.1. The van der Waals surface area contributed by atoms with Crippen molar-refractivity contribution in [1.82, 2.24) is 9.62 Å². The van der Waals surface area contributed by atoms with E-state index >= 15 is 0 Å². The minimum atomic E-state index is -3.57. The van der Waals surface area contributed by atoms with E-state index in [9.17, 15) is 18.0 Å². The van der Waals surface area contributed by atoms with Crippen LogP contribution in [-0.2, 0) is 14.8 Å². The molecule has 1 heterocycles. The number of anilines is 1. The molecule has 0 aliphatic carbocycles. The van der Waals surface area contributed by atoms with Crippen molar-refractivity contribution in [2.45, 2.75) is 44.6 Å². The first kappa shape index (κ1) is 25.7. The quantitative estimate of drug-likeness (QED) is 0.593. The molecule has 2 N–H and O–H groups in total. The molecule has 9 heteroatoms. The van der Waals surface area contributed by atoms with Gasteiger partial charge in [0.15, 0.2) is 0 Å². The Morgan fingerprint density at radius 1 is 1.06 bits per heavy atom. The number of carbonyl (C=O) groups is 2. The first-order valence-electron chi connectivity index (χ1n) is 11.5. The van der Waals surface area contributed by atoms with Gasteiger partial charge in [0.25, 0.3) is 5.91 Å². The first-order valence-corrected chi connectivity index (χ1v) is 12.9. The van der Waals surface area contributed by atoms with Crippen LogP contribution in [0.3, 0.4) is 0 Å². The van der Waals surface area contributed by atoms with Gasteiger partial charge in [-0.15, -0.1) is 0 Å². The summed E-state index contributed by atoms with van der Waals surface area (Å²) in [6, 6.07) is 12.0. The Morgan fingerprint density at radius 3 is 2.26 bits per heavy atom. The summed E-state index contributed by atoms with van der Waals surface area (Å²) in [5.74, 6) is 0.0621. The number of rotatable bonds is 8. The Labute approximate surface area is 201 Å². The molecule has 2 aromatic carbocycles. The highest BCUT2D eigenvalue weighted by molar-refractivity contribution is 7.89. The lowest BCUT2D eigenvalue weighted by Gasteiger charge is -2.30. The molecule has 2 aromatic rings. The van der Waals surface area contributed by atoms with Crippen LogP contribution in [0.15, 0.2) is 53.4 Å². The molecule has 34 heavy (non-hydrogen) atoms. The van der Waals surface area contributed by atoms with E-state index in [1.54, 1.807) is 43.5 Å². The molecule has 2 unspecified atom stereocenters. The van der Waals surface area contributed by atoms with Gasteiger partial charge in [0.05, 0.1) is 12.0 Å². The Balaban J connectivity index is 1.67. The van der Waals surface area contributed by atoms with Gasteiger partial charge in [-0.3, -0.25) is 9.59 Å². The van der Waals surface area contributed by atoms with E-state index in [0.29, 0.717) is 36.0 Å². The molecular formula is C25H33N3O5S. The average Bonchev–Trinajstić information content (AvgIpc) is 2.82. The largest absolute Gasteiger partial charge is 0.497 e. The van der Waals surface area contributed by atoms with Crippen molar-refractivity contribution in [3.63, 3.8) is 0 Å². The number of amides is 2. The second-order valence-corrected chi connectivity index (χ2v) is 11.0. The number of nitrogens with zero attached hydrogens (tertiary/aromatic N) is 1. The molecular weight excluding hydrogens is 454 g/mol. The average molecular weight is 488 g/mol. The van der Waals surface area contributed by atoms with Crippen molar-refractivity contribution in [3.8, 4) is 5.75 Å². The fraction of sp³-hybridized carbons (Fsp3) is 0.440. The van der Waals surface area contributed by atoms with Crippen LogP contribution in [0.1, 0.15) is 44.0 Å². The summed E-state index contributed by atoms with van der Waals surface area (Å²) in [6.45, 7) is 6.78. The molecule has 0 bridgehead atoms. The number of nitrogens with one attached hydrogen (secondary N) is 2. The van der Waals surface area contributed by atoms with Crippen LogP contribution in [0, 0.1) is 11.8 Å². The van der Waals surface area contributed by atoms with E-state index < -0.39 is 16.1 Å². The number of hydrogen-bond donors (Lipinski definition) is 2. The molecule has 1 saturated heterocycles. The Morgan fingerprint density at radius 2 is 1.71 bits per heavy atom. The number of carbonyl (C=O) groups excluding carboxylic acids is 2. The van der Waals surface area contributed by atoms with Crippen molar-refractivity contribution in [2.75, 3.05) is 25.5 Å². The third kappa shape index (κ3) is 6.15. The Bertz CT molecular complexity index is 1100. The number of hydrogen-bond acceptors (Lipinski definition) is 5. The molecule has 0 aromatic heterocycles. The SMILES string of the molecule is COc1ccc(C(=O)NC(C(=O)Nc2ccc(S(=O)(=O)N3CCCC(C)C3)cc2)C(C)C)cc1. The van der Waals surface area contributed by atoms with E-state index in [4.69, 9.17) is 4.74 Å². The van der Waals surface area contributed by atoms with Gasteiger partial charge in [-0.2, -0.15) is 4.31 Å². The monoisotopic (exact) mass is 487 g/mol. The minimum Gasteiger partial charge on any atom is -0.497 e. The third-order valence-corrected chi connectivity index (χ3v) is 7.85. The number of ether oxygens (including phenoxy) is 1. The standard InChI is InChI=1S/C25H33N3O5S/c1-17(2)23(27-24(29)19-7-11-21(33-4)12-8-19)25(30)26-20-9-13-22(14-10-20)34(31,32)28-15-5-6-18(3)16-28/h7-14,17-18,23H,5-6,15-16H2,1-4H3,(H,26,30)(H,27,29).